The second kappa shape index (κ2) is 7.37. The lowest BCUT2D eigenvalue weighted by Crippen LogP contribution is -2.37. The molecule has 0 radical (unpaired) electrons. The van der Waals surface area contributed by atoms with Gasteiger partial charge in [0.05, 0.1) is 12.7 Å². The van der Waals surface area contributed by atoms with Crippen LogP contribution >= 0.6 is 23.7 Å². The Morgan fingerprint density at radius 3 is 3.00 bits per heavy atom. The van der Waals surface area contributed by atoms with Gasteiger partial charge in [-0.15, -0.1) is 23.7 Å². The summed E-state index contributed by atoms with van der Waals surface area (Å²) >= 11 is 1.52. The van der Waals surface area contributed by atoms with E-state index in [1.807, 2.05) is 12.3 Å². The Morgan fingerprint density at radius 1 is 1.50 bits per heavy atom. The number of hydrogen-bond donors (Lipinski definition) is 1. The molecule has 0 bridgehead atoms. The normalized spacial score (nSPS) is 18.9. The maximum absolute atomic E-state index is 13.4. The maximum Gasteiger partial charge on any atom is 0.180 e. The molecular weight excluding hydrogens is 325 g/mol. The summed E-state index contributed by atoms with van der Waals surface area (Å²) < 4.78 is 19.2. The van der Waals surface area contributed by atoms with E-state index < -0.39 is 0 Å². The highest BCUT2D eigenvalue weighted by atomic mass is 35.5. The molecule has 2 aromatic rings. The lowest BCUT2D eigenvalue weighted by Gasteiger charge is -2.32. The van der Waals surface area contributed by atoms with E-state index in [0.717, 1.165) is 30.1 Å². The Hall–Kier alpha value is -1.21. The lowest BCUT2D eigenvalue weighted by atomic mass is 10.0. The summed E-state index contributed by atoms with van der Waals surface area (Å²) in [5.41, 5.74) is 7.35. The number of thiazole rings is 1. The number of morpholine rings is 1. The Bertz CT molecular complexity index is 637. The molecule has 0 saturated carbocycles. The van der Waals surface area contributed by atoms with Crippen molar-refractivity contribution in [3.63, 3.8) is 0 Å². The fraction of sp³-hybridized carbons (Fsp3) is 0.400. The predicted molar refractivity (Wildman–Crippen MR) is 88.9 cm³/mol. The van der Waals surface area contributed by atoms with Crippen LogP contribution in [0.1, 0.15) is 22.1 Å². The molecule has 0 amide bonds. The third-order valence-electron chi connectivity index (χ3n) is 3.66. The van der Waals surface area contributed by atoms with Gasteiger partial charge in [0, 0.05) is 30.7 Å². The third kappa shape index (κ3) is 3.95. The Labute approximate surface area is 139 Å². The number of ether oxygens (including phenoxy) is 1. The summed E-state index contributed by atoms with van der Waals surface area (Å²) in [6, 6.07) is 5.19. The average Bonchev–Trinajstić information content (AvgIpc) is 2.87. The Balaban J connectivity index is 0.00000176. The van der Waals surface area contributed by atoms with Crippen LogP contribution < -0.4 is 5.73 Å². The lowest BCUT2D eigenvalue weighted by molar-refractivity contribution is -0.0326. The van der Waals surface area contributed by atoms with Crippen LogP contribution in [-0.2, 0) is 11.3 Å². The van der Waals surface area contributed by atoms with Crippen molar-refractivity contribution in [1.29, 1.82) is 0 Å². The van der Waals surface area contributed by atoms with E-state index in [9.17, 15) is 4.39 Å². The molecule has 1 fully saturated rings. The number of rotatable bonds is 3. The van der Waals surface area contributed by atoms with Crippen molar-refractivity contribution in [3.8, 4) is 0 Å². The van der Waals surface area contributed by atoms with E-state index in [2.05, 4.69) is 9.88 Å². The van der Waals surface area contributed by atoms with E-state index in [-0.39, 0.29) is 24.3 Å². The molecule has 1 aliphatic heterocycles. The van der Waals surface area contributed by atoms with Crippen molar-refractivity contribution >= 4 is 28.9 Å². The summed E-state index contributed by atoms with van der Waals surface area (Å²) in [6.07, 6.45) is 1.82. The van der Waals surface area contributed by atoms with Crippen LogP contribution in [0.4, 0.5) is 9.52 Å². The van der Waals surface area contributed by atoms with Crippen LogP contribution in [0, 0.1) is 12.7 Å². The molecule has 1 aliphatic rings. The van der Waals surface area contributed by atoms with Crippen molar-refractivity contribution < 1.29 is 9.13 Å². The molecule has 7 heteroatoms. The first-order chi connectivity index (χ1) is 10.1. The summed E-state index contributed by atoms with van der Waals surface area (Å²) in [4.78, 5) is 7.55. The highest BCUT2D eigenvalue weighted by Crippen LogP contribution is 2.26. The van der Waals surface area contributed by atoms with Crippen molar-refractivity contribution in [2.75, 3.05) is 25.4 Å². The fourth-order valence-corrected chi connectivity index (χ4v) is 3.26. The number of aryl methyl sites for hydroxylation is 1. The van der Waals surface area contributed by atoms with Gasteiger partial charge in [-0.25, -0.2) is 9.37 Å². The molecule has 22 heavy (non-hydrogen) atoms. The topological polar surface area (TPSA) is 51.4 Å². The van der Waals surface area contributed by atoms with Gasteiger partial charge in [-0.05, 0) is 24.1 Å². The fourth-order valence-electron chi connectivity index (χ4n) is 2.53. The van der Waals surface area contributed by atoms with Crippen LogP contribution in [0.15, 0.2) is 24.4 Å². The van der Waals surface area contributed by atoms with Gasteiger partial charge in [0.2, 0.25) is 0 Å². The first kappa shape index (κ1) is 17.1. The molecule has 1 aromatic carbocycles. The molecule has 1 unspecified atom stereocenters. The van der Waals surface area contributed by atoms with Crippen molar-refractivity contribution in [1.82, 2.24) is 9.88 Å². The molecular formula is C15H19ClFN3OS. The van der Waals surface area contributed by atoms with Crippen LogP contribution in [0.5, 0.6) is 0 Å². The van der Waals surface area contributed by atoms with Gasteiger partial charge in [0.1, 0.15) is 5.82 Å². The first-order valence-electron chi connectivity index (χ1n) is 6.92. The summed E-state index contributed by atoms with van der Waals surface area (Å²) in [7, 11) is 0. The molecule has 1 atom stereocenters. The van der Waals surface area contributed by atoms with E-state index in [0.29, 0.717) is 17.3 Å². The summed E-state index contributed by atoms with van der Waals surface area (Å²) in [5.74, 6) is -0.174. The number of benzene rings is 1. The first-order valence-corrected chi connectivity index (χ1v) is 7.73. The highest BCUT2D eigenvalue weighted by molar-refractivity contribution is 7.15. The molecule has 2 heterocycles. The quantitative estimate of drug-likeness (QED) is 0.930. The van der Waals surface area contributed by atoms with Gasteiger partial charge < -0.3 is 10.5 Å². The largest absolute Gasteiger partial charge is 0.375 e. The zero-order valence-corrected chi connectivity index (χ0v) is 13.9. The third-order valence-corrected chi connectivity index (χ3v) is 4.47. The number of nitrogens with two attached hydrogens (primary N) is 1. The molecule has 3 rings (SSSR count). The SMILES string of the molecule is Cc1cc(C2CN(Cc3cnc(N)s3)CCO2)ccc1F.Cl. The zero-order valence-electron chi connectivity index (χ0n) is 12.3. The molecule has 4 nitrogen and oxygen atoms in total. The van der Waals surface area contributed by atoms with Crippen molar-refractivity contribution in [2.24, 2.45) is 0 Å². The smallest absolute Gasteiger partial charge is 0.180 e. The van der Waals surface area contributed by atoms with Gasteiger partial charge in [0.25, 0.3) is 0 Å². The number of halogens is 2. The molecule has 0 spiro atoms. The van der Waals surface area contributed by atoms with E-state index >= 15 is 0 Å². The van der Waals surface area contributed by atoms with Gasteiger partial charge in [-0.1, -0.05) is 12.1 Å². The van der Waals surface area contributed by atoms with E-state index in [1.54, 1.807) is 13.0 Å². The van der Waals surface area contributed by atoms with Gasteiger partial charge in [-0.3, -0.25) is 4.90 Å². The number of hydrogen-bond acceptors (Lipinski definition) is 5. The number of aromatic nitrogens is 1. The number of nitrogens with zero attached hydrogens (tertiary/aromatic N) is 2. The van der Waals surface area contributed by atoms with Gasteiger partial charge in [-0.2, -0.15) is 0 Å². The molecule has 0 aliphatic carbocycles. The van der Waals surface area contributed by atoms with Crippen LogP contribution in [0.25, 0.3) is 0 Å². The minimum atomic E-state index is -0.174. The van der Waals surface area contributed by atoms with Crippen LogP contribution in [0.2, 0.25) is 0 Å². The highest BCUT2D eigenvalue weighted by Gasteiger charge is 2.23. The second-order valence-corrected chi connectivity index (χ2v) is 6.41. The minimum Gasteiger partial charge on any atom is -0.375 e. The Morgan fingerprint density at radius 2 is 2.32 bits per heavy atom. The summed E-state index contributed by atoms with van der Waals surface area (Å²) in [6.45, 7) is 4.96. The van der Waals surface area contributed by atoms with Gasteiger partial charge in [0.15, 0.2) is 5.13 Å². The molecule has 2 N–H and O–H groups in total. The van der Waals surface area contributed by atoms with E-state index in [1.165, 1.54) is 17.4 Å². The summed E-state index contributed by atoms with van der Waals surface area (Å²) in [5, 5.41) is 0.601. The van der Waals surface area contributed by atoms with Crippen molar-refractivity contribution in [2.45, 2.75) is 19.6 Å². The molecule has 120 valence electrons. The van der Waals surface area contributed by atoms with Crippen molar-refractivity contribution in [3.05, 3.63) is 46.2 Å². The minimum absolute atomic E-state index is 0. The monoisotopic (exact) mass is 343 g/mol. The van der Waals surface area contributed by atoms with Gasteiger partial charge >= 0.3 is 0 Å². The zero-order chi connectivity index (χ0) is 14.8. The number of nitrogen functional groups attached to an aromatic ring is 1. The van der Waals surface area contributed by atoms with Crippen LogP contribution in [0.3, 0.4) is 0 Å². The average molecular weight is 344 g/mol. The number of anilines is 1. The molecule has 1 aromatic heterocycles. The van der Waals surface area contributed by atoms with E-state index in [4.69, 9.17) is 10.5 Å². The van der Waals surface area contributed by atoms with Crippen LogP contribution in [-0.4, -0.2) is 29.6 Å². The standard InChI is InChI=1S/C15H18FN3OS.ClH/c1-10-6-11(2-3-13(10)16)14-9-19(4-5-20-14)8-12-7-18-15(17)21-12;/h2-3,6-7,14H,4-5,8-9H2,1H3,(H2,17,18);1H. The predicted octanol–water partition coefficient (Wildman–Crippen LogP) is 3.17. The molecule has 1 saturated heterocycles. The Kier molecular flexibility index (Phi) is 5.74. The second-order valence-electron chi connectivity index (χ2n) is 5.27. The maximum atomic E-state index is 13.4.